The standard InChI is InChI=1S/C16H10BrN3O2/c17-11-2-1-3-14-10(11)7-15(22-14)16(21)20-9-4-5-12-13(6-9)19-8-18-12/h1-8H,(H,18,19)(H,20,21). The van der Waals surface area contributed by atoms with Crippen molar-refractivity contribution in [3.05, 3.63) is 59.0 Å². The Morgan fingerprint density at radius 3 is 3.00 bits per heavy atom. The molecule has 0 aliphatic heterocycles. The number of benzene rings is 2. The van der Waals surface area contributed by atoms with Gasteiger partial charge in [-0.3, -0.25) is 4.79 Å². The van der Waals surface area contributed by atoms with E-state index in [1.54, 1.807) is 18.5 Å². The molecule has 108 valence electrons. The van der Waals surface area contributed by atoms with Crippen LogP contribution < -0.4 is 5.32 Å². The first-order valence-corrected chi connectivity index (χ1v) is 7.42. The SMILES string of the molecule is O=C(Nc1ccc2nc[nH]c2c1)c1cc2c(Br)cccc2o1. The van der Waals surface area contributed by atoms with Crippen molar-refractivity contribution in [1.29, 1.82) is 0 Å². The summed E-state index contributed by atoms with van der Waals surface area (Å²) >= 11 is 3.45. The fraction of sp³-hybridized carbons (Fsp3) is 0. The lowest BCUT2D eigenvalue weighted by Gasteiger charge is -2.02. The maximum absolute atomic E-state index is 12.3. The molecule has 2 aromatic carbocycles. The summed E-state index contributed by atoms with van der Waals surface area (Å²) in [5.74, 6) is -0.0198. The molecule has 4 aromatic rings. The fourth-order valence-electron chi connectivity index (χ4n) is 2.34. The lowest BCUT2D eigenvalue weighted by atomic mass is 10.2. The van der Waals surface area contributed by atoms with Crippen LogP contribution >= 0.6 is 15.9 Å². The zero-order chi connectivity index (χ0) is 15.1. The topological polar surface area (TPSA) is 70.9 Å². The van der Waals surface area contributed by atoms with Crippen LogP contribution in [0.15, 0.2) is 57.7 Å². The number of imidazole rings is 1. The largest absolute Gasteiger partial charge is 0.451 e. The monoisotopic (exact) mass is 355 g/mol. The maximum atomic E-state index is 12.3. The van der Waals surface area contributed by atoms with Crippen molar-refractivity contribution in [3.63, 3.8) is 0 Å². The molecule has 0 unspecified atom stereocenters. The molecule has 2 aromatic heterocycles. The van der Waals surface area contributed by atoms with Gasteiger partial charge in [-0.25, -0.2) is 4.98 Å². The predicted octanol–water partition coefficient (Wildman–Crippen LogP) is 4.32. The van der Waals surface area contributed by atoms with E-state index in [0.29, 0.717) is 11.3 Å². The Bertz CT molecular complexity index is 1000. The Balaban J connectivity index is 1.66. The number of furan rings is 1. The van der Waals surface area contributed by atoms with Gasteiger partial charge < -0.3 is 14.7 Å². The number of nitrogens with one attached hydrogen (secondary N) is 2. The highest BCUT2D eigenvalue weighted by Crippen LogP contribution is 2.27. The zero-order valence-corrected chi connectivity index (χ0v) is 12.8. The number of amides is 1. The summed E-state index contributed by atoms with van der Waals surface area (Å²) in [4.78, 5) is 19.5. The fourth-order valence-corrected chi connectivity index (χ4v) is 2.81. The van der Waals surface area contributed by atoms with Crippen molar-refractivity contribution in [2.45, 2.75) is 0 Å². The summed E-state index contributed by atoms with van der Waals surface area (Å²) in [5.41, 5.74) is 3.07. The molecule has 0 spiro atoms. The number of anilines is 1. The van der Waals surface area contributed by atoms with Crippen LogP contribution in [0.1, 0.15) is 10.6 Å². The predicted molar refractivity (Wildman–Crippen MR) is 88.0 cm³/mol. The summed E-state index contributed by atoms with van der Waals surface area (Å²) in [6, 6.07) is 12.8. The van der Waals surface area contributed by atoms with Crippen LogP contribution in [0.3, 0.4) is 0 Å². The van der Waals surface area contributed by atoms with Gasteiger partial charge in [0.15, 0.2) is 5.76 Å². The molecular weight excluding hydrogens is 346 g/mol. The van der Waals surface area contributed by atoms with E-state index < -0.39 is 0 Å². The molecule has 5 nitrogen and oxygen atoms in total. The minimum Gasteiger partial charge on any atom is -0.451 e. The van der Waals surface area contributed by atoms with Crippen LogP contribution in [0.25, 0.3) is 22.0 Å². The zero-order valence-electron chi connectivity index (χ0n) is 11.3. The molecule has 4 rings (SSSR count). The lowest BCUT2D eigenvalue weighted by Crippen LogP contribution is -2.10. The first-order valence-electron chi connectivity index (χ1n) is 6.63. The van der Waals surface area contributed by atoms with Crippen molar-refractivity contribution in [2.24, 2.45) is 0 Å². The smallest absolute Gasteiger partial charge is 0.291 e. The molecule has 0 aliphatic rings. The Hall–Kier alpha value is -2.60. The van der Waals surface area contributed by atoms with E-state index in [1.165, 1.54) is 0 Å². The quantitative estimate of drug-likeness (QED) is 0.562. The highest BCUT2D eigenvalue weighted by molar-refractivity contribution is 9.10. The first kappa shape index (κ1) is 13.1. The van der Waals surface area contributed by atoms with Crippen molar-refractivity contribution >= 4 is 49.5 Å². The van der Waals surface area contributed by atoms with Crippen molar-refractivity contribution < 1.29 is 9.21 Å². The van der Waals surface area contributed by atoms with Crippen molar-refractivity contribution in [1.82, 2.24) is 9.97 Å². The summed E-state index contributed by atoms with van der Waals surface area (Å²) in [6.45, 7) is 0. The summed E-state index contributed by atoms with van der Waals surface area (Å²) < 4.78 is 6.49. The van der Waals surface area contributed by atoms with E-state index in [1.807, 2.05) is 30.3 Å². The van der Waals surface area contributed by atoms with Gasteiger partial charge in [-0.1, -0.05) is 22.0 Å². The minimum atomic E-state index is -0.290. The molecule has 2 N–H and O–H groups in total. The number of aromatic nitrogens is 2. The molecule has 0 aliphatic carbocycles. The Morgan fingerprint density at radius 1 is 1.23 bits per heavy atom. The molecule has 0 saturated carbocycles. The van der Waals surface area contributed by atoms with E-state index >= 15 is 0 Å². The van der Waals surface area contributed by atoms with Gasteiger partial charge in [0.25, 0.3) is 5.91 Å². The number of carbonyl (C=O) groups excluding carboxylic acids is 1. The van der Waals surface area contributed by atoms with Gasteiger partial charge in [-0.05, 0) is 36.4 Å². The number of carbonyl (C=O) groups is 1. The number of aromatic amines is 1. The van der Waals surface area contributed by atoms with Crippen LogP contribution in [0.5, 0.6) is 0 Å². The Morgan fingerprint density at radius 2 is 2.14 bits per heavy atom. The average molecular weight is 356 g/mol. The highest BCUT2D eigenvalue weighted by Gasteiger charge is 2.14. The molecule has 6 heteroatoms. The van der Waals surface area contributed by atoms with Crippen LogP contribution in [-0.2, 0) is 0 Å². The third-order valence-electron chi connectivity index (χ3n) is 3.41. The van der Waals surface area contributed by atoms with Crippen LogP contribution in [0, 0.1) is 0 Å². The molecular formula is C16H10BrN3O2. The number of fused-ring (bicyclic) bond motifs is 2. The van der Waals surface area contributed by atoms with E-state index in [9.17, 15) is 4.79 Å². The van der Waals surface area contributed by atoms with Gasteiger partial charge in [0.2, 0.25) is 0 Å². The average Bonchev–Trinajstić information content (AvgIpc) is 3.13. The van der Waals surface area contributed by atoms with Gasteiger partial charge >= 0.3 is 0 Å². The normalized spacial score (nSPS) is 11.1. The third-order valence-corrected chi connectivity index (χ3v) is 4.10. The number of hydrogen-bond acceptors (Lipinski definition) is 3. The van der Waals surface area contributed by atoms with E-state index in [0.717, 1.165) is 20.9 Å². The van der Waals surface area contributed by atoms with E-state index in [4.69, 9.17) is 4.42 Å². The highest BCUT2D eigenvalue weighted by atomic mass is 79.9. The second kappa shape index (κ2) is 4.99. The maximum Gasteiger partial charge on any atom is 0.291 e. The Kier molecular flexibility index (Phi) is 2.97. The number of nitrogens with zero attached hydrogens (tertiary/aromatic N) is 1. The molecule has 0 radical (unpaired) electrons. The van der Waals surface area contributed by atoms with Crippen molar-refractivity contribution in [3.8, 4) is 0 Å². The molecule has 2 heterocycles. The van der Waals surface area contributed by atoms with Gasteiger partial charge in [0.1, 0.15) is 5.58 Å². The Labute approximate surface area is 133 Å². The lowest BCUT2D eigenvalue weighted by molar-refractivity contribution is 0.0998. The van der Waals surface area contributed by atoms with Crippen molar-refractivity contribution in [2.75, 3.05) is 5.32 Å². The van der Waals surface area contributed by atoms with Gasteiger partial charge in [0, 0.05) is 15.5 Å². The minimum absolute atomic E-state index is 0.270. The number of hydrogen-bond donors (Lipinski definition) is 2. The summed E-state index contributed by atoms with van der Waals surface area (Å²) in [7, 11) is 0. The molecule has 1 amide bonds. The second-order valence-electron chi connectivity index (χ2n) is 4.85. The number of rotatable bonds is 2. The van der Waals surface area contributed by atoms with Gasteiger partial charge in [-0.2, -0.15) is 0 Å². The second-order valence-corrected chi connectivity index (χ2v) is 5.71. The molecule has 22 heavy (non-hydrogen) atoms. The number of H-pyrrole nitrogens is 1. The summed E-state index contributed by atoms with van der Waals surface area (Å²) in [5, 5.41) is 3.70. The number of halogens is 1. The van der Waals surface area contributed by atoms with Gasteiger partial charge in [-0.15, -0.1) is 0 Å². The summed E-state index contributed by atoms with van der Waals surface area (Å²) in [6.07, 6.45) is 1.62. The van der Waals surface area contributed by atoms with Crippen LogP contribution in [-0.4, -0.2) is 15.9 Å². The first-order chi connectivity index (χ1) is 10.7. The molecule has 0 bridgehead atoms. The van der Waals surface area contributed by atoms with Crippen LogP contribution in [0.2, 0.25) is 0 Å². The molecule has 0 atom stereocenters. The van der Waals surface area contributed by atoms with Gasteiger partial charge in [0.05, 0.1) is 17.4 Å². The van der Waals surface area contributed by atoms with E-state index in [-0.39, 0.29) is 11.7 Å². The molecule has 0 saturated heterocycles. The third kappa shape index (κ3) is 2.17. The molecule has 0 fully saturated rings. The van der Waals surface area contributed by atoms with Crippen LogP contribution in [0.4, 0.5) is 5.69 Å². The van der Waals surface area contributed by atoms with E-state index in [2.05, 4.69) is 31.2 Å².